The van der Waals surface area contributed by atoms with Crippen molar-refractivity contribution in [1.82, 2.24) is 19.9 Å². The summed E-state index contributed by atoms with van der Waals surface area (Å²) in [5, 5.41) is 11.6. The fourth-order valence-electron chi connectivity index (χ4n) is 2.99. The van der Waals surface area contributed by atoms with Crippen LogP contribution in [0.3, 0.4) is 0 Å². The summed E-state index contributed by atoms with van der Waals surface area (Å²) in [6, 6.07) is 3.82. The van der Waals surface area contributed by atoms with E-state index in [9.17, 15) is 0 Å². The van der Waals surface area contributed by atoms with Crippen LogP contribution < -0.4 is 0 Å². The maximum Gasteiger partial charge on any atom is 0.216 e. The maximum atomic E-state index is 5.28. The first-order valence-corrected chi connectivity index (χ1v) is 8.34. The molecular weight excluding hydrogens is 294 g/mol. The van der Waals surface area contributed by atoms with Crippen molar-refractivity contribution in [1.29, 1.82) is 0 Å². The van der Waals surface area contributed by atoms with E-state index in [4.69, 9.17) is 12.2 Å². The smallest absolute Gasteiger partial charge is 0.216 e. The van der Waals surface area contributed by atoms with Crippen LogP contribution in [0.25, 0.3) is 0 Å². The van der Waals surface area contributed by atoms with Gasteiger partial charge in [-0.3, -0.25) is 10.1 Å². The topological polar surface area (TPSA) is 58.9 Å². The van der Waals surface area contributed by atoms with E-state index in [0.29, 0.717) is 4.77 Å². The van der Waals surface area contributed by atoms with Crippen molar-refractivity contribution in [2.24, 2.45) is 11.0 Å². The first kappa shape index (κ1) is 15.1. The molecule has 2 aromatic rings. The fraction of sp³-hybridized carbons (Fsp3) is 0.500. The van der Waals surface area contributed by atoms with E-state index < -0.39 is 0 Å². The molecule has 0 spiro atoms. The Morgan fingerprint density at radius 2 is 2.05 bits per heavy atom. The number of rotatable bonds is 5. The van der Waals surface area contributed by atoms with E-state index >= 15 is 0 Å². The first-order valence-electron chi connectivity index (χ1n) is 7.93. The molecular formula is C16H21N5S. The summed E-state index contributed by atoms with van der Waals surface area (Å²) in [4.78, 5) is 4.00. The summed E-state index contributed by atoms with van der Waals surface area (Å²) in [5.74, 6) is 1.75. The van der Waals surface area contributed by atoms with Crippen molar-refractivity contribution >= 4 is 18.4 Å². The SMILES string of the molecule is S=c1[nH]nc(CCC2CCCCC2)n1/N=C\c1ccncc1. The minimum absolute atomic E-state index is 0.545. The Bertz CT molecular complexity index is 667. The highest BCUT2D eigenvalue weighted by Crippen LogP contribution is 2.27. The molecule has 1 N–H and O–H groups in total. The van der Waals surface area contributed by atoms with Gasteiger partial charge in [0, 0.05) is 18.8 Å². The molecule has 1 saturated carbocycles. The van der Waals surface area contributed by atoms with Gasteiger partial charge in [-0.15, -0.1) is 0 Å². The predicted molar refractivity (Wildman–Crippen MR) is 89.5 cm³/mol. The van der Waals surface area contributed by atoms with Crippen LogP contribution in [0.5, 0.6) is 0 Å². The summed E-state index contributed by atoms with van der Waals surface area (Å²) in [6.45, 7) is 0. The summed E-state index contributed by atoms with van der Waals surface area (Å²) in [7, 11) is 0. The second-order valence-electron chi connectivity index (χ2n) is 5.82. The zero-order chi connectivity index (χ0) is 15.2. The molecule has 0 aromatic carbocycles. The van der Waals surface area contributed by atoms with Gasteiger partial charge in [0.05, 0.1) is 6.21 Å². The van der Waals surface area contributed by atoms with Crippen LogP contribution in [-0.4, -0.2) is 26.1 Å². The third-order valence-electron chi connectivity index (χ3n) is 4.25. The molecule has 0 unspecified atom stereocenters. The molecule has 0 aliphatic heterocycles. The Kier molecular flexibility index (Phi) is 5.11. The average Bonchev–Trinajstić information content (AvgIpc) is 2.93. The number of nitrogens with one attached hydrogen (secondary N) is 1. The van der Waals surface area contributed by atoms with Gasteiger partial charge in [-0.25, -0.2) is 0 Å². The lowest BCUT2D eigenvalue weighted by Gasteiger charge is -2.20. The van der Waals surface area contributed by atoms with Gasteiger partial charge in [0.25, 0.3) is 0 Å². The average molecular weight is 315 g/mol. The van der Waals surface area contributed by atoms with E-state index in [-0.39, 0.29) is 0 Å². The molecule has 0 amide bonds. The van der Waals surface area contributed by atoms with Crippen molar-refractivity contribution in [2.75, 3.05) is 0 Å². The van der Waals surface area contributed by atoms with Crippen molar-refractivity contribution in [3.63, 3.8) is 0 Å². The minimum atomic E-state index is 0.545. The van der Waals surface area contributed by atoms with Crippen molar-refractivity contribution in [3.05, 3.63) is 40.7 Å². The number of hydrogen-bond donors (Lipinski definition) is 1. The van der Waals surface area contributed by atoms with Gasteiger partial charge in [-0.1, -0.05) is 32.1 Å². The highest BCUT2D eigenvalue weighted by molar-refractivity contribution is 7.71. The lowest BCUT2D eigenvalue weighted by molar-refractivity contribution is 0.336. The molecule has 2 heterocycles. The Morgan fingerprint density at radius 3 is 2.82 bits per heavy atom. The summed E-state index contributed by atoms with van der Waals surface area (Å²) in [5.41, 5.74) is 0.997. The van der Waals surface area contributed by atoms with Crippen LogP contribution in [0.4, 0.5) is 0 Å². The number of H-pyrrole nitrogens is 1. The third-order valence-corrected chi connectivity index (χ3v) is 4.51. The highest BCUT2D eigenvalue weighted by atomic mass is 32.1. The second kappa shape index (κ2) is 7.45. The van der Waals surface area contributed by atoms with Crippen LogP contribution in [0.2, 0.25) is 0 Å². The lowest BCUT2D eigenvalue weighted by Crippen LogP contribution is -2.09. The molecule has 0 saturated heterocycles. The highest BCUT2D eigenvalue weighted by Gasteiger charge is 2.15. The summed E-state index contributed by atoms with van der Waals surface area (Å²) >= 11 is 5.28. The van der Waals surface area contributed by atoms with Gasteiger partial charge in [-0.2, -0.15) is 14.9 Å². The Morgan fingerprint density at radius 1 is 1.27 bits per heavy atom. The largest absolute Gasteiger partial charge is 0.265 e. The Hall–Kier alpha value is -1.82. The van der Waals surface area contributed by atoms with Crippen LogP contribution >= 0.6 is 12.2 Å². The number of aromatic nitrogens is 4. The normalized spacial score (nSPS) is 16.4. The molecule has 0 bridgehead atoms. The zero-order valence-electron chi connectivity index (χ0n) is 12.6. The number of nitrogens with zero attached hydrogens (tertiary/aromatic N) is 4. The number of aryl methyl sites for hydroxylation is 1. The third kappa shape index (κ3) is 3.88. The van der Waals surface area contributed by atoms with E-state index in [0.717, 1.165) is 23.7 Å². The van der Waals surface area contributed by atoms with Crippen LogP contribution in [-0.2, 0) is 6.42 Å². The van der Waals surface area contributed by atoms with Crippen LogP contribution in [0, 0.1) is 10.7 Å². The molecule has 1 aliphatic rings. The number of hydrogen-bond acceptors (Lipinski definition) is 4. The van der Waals surface area contributed by atoms with E-state index in [1.165, 1.54) is 38.5 Å². The molecule has 2 aromatic heterocycles. The molecule has 0 atom stereocenters. The van der Waals surface area contributed by atoms with Crippen LogP contribution in [0.15, 0.2) is 29.6 Å². The van der Waals surface area contributed by atoms with E-state index in [1.54, 1.807) is 23.3 Å². The quantitative estimate of drug-likeness (QED) is 0.675. The molecule has 1 fully saturated rings. The Labute approximate surface area is 135 Å². The van der Waals surface area contributed by atoms with Gasteiger partial charge >= 0.3 is 0 Å². The monoisotopic (exact) mass is 315 g/mol. The van der Waals surface area contributed by atoms with Gasteiger partial charge < -0.3 is 0 Å². The standard InChI is InChI=1S/C16H21N5S/c22-16-20-19-15(7-6-13-4-2-1-3-5-13)21(16)18-12-14-8-10-17-11-9-14/h8-13H,1-7H2,(H,20,22)/b18-12-. The number of pyridine rings is 1. The molecule has 0 radical (unpaired) electrons. The van der Waals surface area contributed by atoms with Gasteiger partial charge in [-0.05, 0) is 42.3 Å². The first-order chi connectivity index (χ1) is 10.8. The molecule has 6 heteroatoms. The lowest BCUT2D eigenvalue weighted by atomic mass is 9.86. The van der Waals surface area contributed by atoms with Crippen molar-refractivity contribution < 1.29 is 0 Å². The van der Waals surface area contributed by atoms with Gasteiger partial charge in [0.15, 0.2) is 5.82 Å². The molecule has 3 rings (SSSR count). The van der Waals surface area contributed by atoms with Crippen LogP contribution in [0.1, 0.15) is 49.9 Å². The zero-order valence-corrected chi connectivity index (χ0v) is 13.4. The molecule has 1 aliphatic carbocycles. The van der Waals surface area contributed by atoms with Crippen molar-refractivity contribution in [3.8, 4) is 0 Å². The van der Waals surface area contributed by atoms with Gasteiger partial charge in [0.1, 0.15) is 0 Å². The number of aromatic amines is 1. The molecule has 22 heavy (non-hydrogen) atoms. The summed E-state index contributed by atoms with van der Waals surface area (Å²) < 4.78 is 2.28. The maximum absolute atomic E-state index is 5.28. The molecule has 5 nitrogen and oxygen atoms in total. The Balaban J connectivity index is 1.68. The van der Waals surface area contributed by atoms with Crippen molar-refractivity contribution in [2.45, 2.75) is 44.9 Å². The van der Waals surface area contributed by atoms with E-state index in [1.807, 2.05) is 12.1 Å². The van der Waals surface area contributed by atoms with E-state index in [2.05, 4.69) is 20.3 Å². The second-order valence-corrected chi connectivity index (χ2v) is 6.21. The summed E-state index contributed by atoms with van der Waals surface area (Å²) in [6.07, 6.45) is 14.2. The van der Waals surface area contributed by atoms with Gasteiger partial charge in [0.2, 0.25) is 4.77 Å². The minimum Gasteiger partial charge on any atom is -0.265 e. The predicted octanol–water partition coefficient (Wildman–Crippen LogP) is 3.73. The fourth-order valence-corrected chi connectivity index (χ4v) is 3.19. The molecule has 116 valence electrons.